The highest BCUT2D eigenvalue weighted by molar-refractivity contribution is 7.10. The Bertz CT molecular complexity index is 1320. The van der Waals surface area contributed by atoms with Crippen molar-refractivity contribution in [2.45, 2.75) is 57.7 Å². The molecule has 2 fully saturated rings. The predicted molar refractivity (Wildman–Crippen MR) is 147 cm³/mol. The number of fused-ring (bicyclic) bond motifs is 1. The van der Waals surface area contributed by atoms with E-state index in [1.807, 2.05) is 28.5 Å². The summed E-state index contributed by atoms with van der Waals surface area (Å²) in [5.41, 5.74) is 1.26. The Labute approximate surface area is 226 Å². The molecule has 5 rings (SSSR count). The lowest BCUT2D eigenvalue weighted by molar-refractivity contribution is -0.143. The maximum absolute atomic E-state index is 14.4. The van der Waals surface area contributed by atoms with Crippen LogP contribution in [0.15, 0.2) is 41.8 Å². The normalized spacial score (nSPS) is 20.8. The molecule has 3 aromatic rings. The van der Waals surface area contributed by atoms with Gasteiger partial charge in [0.15, 0.2) is 0 Å². The van der Waals surface area contributed by atoms with E-state index in [0.29, 0.717) is 38.0 Å². The number of aromatic nitrogens is 1. The molecule has 0 aliphatic carbocycles. The van der Waals surface area contributed by atoms with Crippen molar-refractivity contribution in [3.63, 3.8) is 0 Å². The van der Waals surface area contributed by atoms with Crippen LogP contribution in [0.1, 0.15) is 50.6 Å². The number of amides is 2. The maximum atomic E-state index is 14.4. The van der Waals surface area contributed by atoms with Gasteiger partial charge in [0.05, 0.1) is 17.8 Å². The zero-order valence-electron chi connectivity index (χ0n) is 22.1. The van der Waals surface area contributed by atoms with Crippen molar-refractivity contribution >= 4 is 33.9 Å². The molecule has 0 radical (unpaired) electrons. The van der Waals surface area contributed by atoms with Gasteiger partial charge in [0, 0.05) is 41.5 Å². The first-order chi connectivity index (χ1) is 18.3. The molecule has 0 unspecified atom stereocenters. The molecule has 3 heterocycles. The summed E-state index contributed by atoms with van der Waals surface area (Å²) in [6, 6.07) is 9.46. The van der Waals surface area contributed by atoms with Gasteiger partial charge in [-0.1, -0.05) is 31.2 Å². The number of nitrogens with one attached hydrogen (secondary N) is 2. The number of likely N-dealkylation sites (tertiary alicyclic amines) is 1. The molecule has 202 valence electrons. The zero-order chi connectivity index (χ0) is 26.9. The fourth-order valence-corrected chi connectivity index (χ4v) is 6.53. The smallest absolute Gasteiger partial charge is 0.246 e. The summed E-state index contributed by atoms with van der Waals surface area (Å²) < 4.78 is 20.0. The molecule has 2 aliphatic rings. The number of carbonyl (C=O) groups excluding carboxylic acids is 2. The number of rotatable bonds is 7. The van der Waals surface area contributed by atoms with E-state index in [0.717, 1.165) is 34.5 Å². The summed E-state index contributed by atoms with van der Waals surface area (Å²) >= 11 is 1.53. The van der Waals surface area contributed by atoms with Gasteiger partial charge >= 0.3 is 0 Å². The Kier molecular flexibility index (Phi) is 7.79. The minimum atomic E-state index is -0.643. The first-order valence-electron chi connectivity index (χ1n) is 13.3. The average molecular weight is 539 g/mol. The van der Waals surface area contributed by atoms with E-state index in [-0.39, 0.29) is 23.7 Å². The Hall–Kier alpha value is -2.88. The zero-order valence-corrected chi connectivity index (χ0v) is 22.9. The van der Waals surface area contributed by atoms with E-state index >= 15 is 0 Å². The summed E-state index contributed by atoms with van der Waals surface area (Å²) in [7, 11) is 1.73. The molecule has 0 saturated carbocycles. The Balaban J connectivity index is 1.43. The second-order valence-corrected chi connectivity index (χ2v) is 11.5. The largest absolute Gasteiger partial charge is 0.381 e. The number of nitrogens with zero attached hydrogens (tertiary/aromatic N) is 2. The molecule has 2 saturated heterocycles. The number of halogens is 1. The molecule has 2 aliphatic heterocycles. The van der Waals surface area contributed by atoms with E-state index in [2.05, 4.69) is 17.6 Å². The van der Waals surface area contributed by atoms with E-state index in [9.17, 15) is 14.0 Å². The molecule has 2 N–H and O–H groups in total. The number of likely N-dealkylation sites (N-methyl/N-ethyl adjacent to an activating group) is 1. The molecular formula is C29H35FN4O3S. The highest BCUT2D eigenvalue weighted by atomic mass is 32.1. The van der Waals surface area contributed by atoms with Crippen molar-refractivity contribution in [2.75, 3.05) is 26.8 Å². The van der Waals surface area contributed by atoms with Crippen LogP contribution in [0.2, 0.25) is 0 Å². The van der Waals surface area contributed by atoms with E-state index in [4.69, 9.17) is 9.72 Å². The van der Waals surface area contributed by atoms with Crippen LogP contribution < -0.4 is 10.6 Å². The molecular weight excluding hydrogens is 503 g/mol. The summed E-state index contributed by atoms with van der Waals surface area (Å²) in [5, 5.41) is 10.3. The van der Waals surface area contributed by atoms with Gasteiger partial charge < -0.3 is 20.3 Å². The summed E-state index contributed by atoms with van der Waals surface area (Å²) in [5.74, 6) is -0.499. The summed E-state index contributed by atoms with van der Waals surface area (Å²) in [6.07, 6.45) is 3.10. The highest BCUT2D eigenvalue weighted by Gasteiger charge is 2.46. The van der Waals surface area contributed by atoms with Crippen LogP contribution in [0, 0.1) is 11.2 Å². The number of carbonyl (C=O) groups is 2. The molecule has 3 atom stereocenters. The van der Waals surface area contributed by atoms with Gasteiger partial charge in [-0.25, -0.2) is 9.37 Å². The van der Waals surface area contributed by atoms with Crippen molar-refractivity contribution in [1.29, 1.82) is 0 Å². The number of hydrogen-bond donors (Lipinski definition) is 2. The van der Waals surface area contributed by atoms with E-state index < -0.39 is 17.5 Å². The third kappa shape index (κ3) is 5.07. The minimum absolute atomic E-state index is 0.0578. The Morgan fingerprint density at radius 2 is 1.92 bits per heavy atom. The minimum Gasteiger partial charge on any atom is -0.381 e. The molecule has 9 heteroatoms. The predicted octanol–water partition coefficient (Wildman–Crippen LogP) is 4.68. The molecule has 38 heavy (non-hydrogen) atoms. The van der Waals surface area contributed by atoms with Crippen molar-refractivity contribution in [1.82, 2.24) is 20.5 Å². The van der Waals surface area contributed by atoms with Gasteiger partial charge in [-0.15, -0.1) is 11.3 Å². The van der Waals surface area contributed by atoms with Crippen molar-refractivity contribution < 1.29 is 18.7 Å². The van der Waals surface area contributed by atoms with Crippen LogP contribution >= 0.6 is 11.3 Å². The van der Waals surface area contributed by atoms with Crippen LogP contribution in [0.4, 0.5) is 4.39 Å². The second kappa shape index (κ2) is 11.1. The number of ether oxygens (including phenoxy) is 1. The highest BCUT2D eigenvalue weighted by Crippen LogP contribution is 2.40. The van der Waals surface area contributed by atoms with Crippen molar-refractivity contribution in [3.05, 3.63) is 52.6 Å². The third-order valence-corrected chi connectivity index (χ3v) is 9.13. The van der Waals surface area contributed by atoms with Gasteiger partial charge in [0.25, 0.3) is 0 Å². The lowest BCUT2D eigenvalue weighted by Gasteiger charge is -2.42. The SMILES string of the molecule is CN[C@@H](C)C(=O)N[C@H](C(=O)N1CCC[C@H]1c1nc(-c2ccc(F)c3ccccc23)cs1)C1(C)CCOCC1. The van der Waals surface area contributed by atoms with Crippen LogP contribution in [0.5, 0.6) is 0 Å². The first kappa shape index (κ1) is 26.7. The first-order valence-corrected chi connectivity index (χ1v) is 14.2. The number of hydrogen-bond acceptors (Lipinski definition) is 6. The summed E-state index contributed by atoms with van der Waals surface area (Å²) in [4.78, 5) is 33.9. The maximum Gasteiger partial charge on any atom is 0.246 e. The van der Waals surface area contributed by atoms with Gasteiger partial charge in [-0.05, 0) is 57.2 Å². The Morgan fingerprint density at radius 1 is 1.18 bits per heavy atom. The quantitative estimate of drug-likeness (QED) is 0.457. The molecule has 2 aromatic carbocycles. The van der Waals surface area contributed by atoms with Gasteiger partial charge in [-0.3, -0.25) is 9.59 Å². The Morgan fingerprint density at radius 3 is 2.66 bits per heavy atom. The molecule has 7 nitrogen and oxygen atoms in total. The lowest BCUT2D eigenvalue weighted by atomic mass is 9.74. The van der Waals surface area contributed by atoms with Crippen LogP contribution in [0.3, 0.4) is 0 Å². The number of thiazole rings is 1. The van der Waals surface area contributed by atoms with Gasteiger partial charge in [0.2, 0.25) is 11.8 Å². The van der Waals surface area contributed by atoms with E-state index in [1.165, 1.54) is 17.4 Å². The number of benzene rings is 2. The lowest BCUT2D eigenvalue weighted by Crippen LogP contribution is -2.59. The standard InChI is InChI=1S/C29H35FN4O3S/c1-18(31-3)26(35)33-25(29(2)12-15-37-16-13-29)28(36)34-14-6-9-24(34)27-32-23(17-38-27)21-10-11-22(30)20-8-5-4-7-19(20)21/h4-5,7-8,10-11,17-18,24-25,31H,6,9,12-16H2,1-3H3,(H,33,35)/t18-,24-,25+/m0/s1. The van der Waals surface area contributed by atoms with Crippen LogP contribution in [-0.4, -0.2) is 60.6 Å². The van der Waals surface area contributed by atoms with Gasteiger partial charge in [-0.2, -0.15) is 0 Å². The fraction of sp³-hybridized carbons (Fsp3) is 0.483. The molecule has 0 spiro atoms. The topological polar surface area (TPSA) is 83.6 Å². The third-order valence-electron chi connectivity index (χ3n) is 8.18. The van der Waals surface area contributed by atoms with Crippen LogP contribution in [0.25, 0.3) is 22.0 Å². The summed E-state index contributed by atoms with van der Waals surface area (Å²) in [6.45, 7) is 5.64. The van der Waals surface area contributed by atoms with Gasteiger partial charge in [0.1, 0.15) is 16.9 Å². The monoisotopic (exact) mass is 538 g/mol. The van der Waals surface area contributed by atoms with E-state index in [1.54, 1.807) is 26.1 Å². The van der Waals surface area contributed by atoms with Crippen molar-refractivity contribution in [3.8, 4) is 11.3 Å². The van der Waals surface area contributed by atoms with Crippen LogP contribution in [-0.2, 0) is 14.3 Å². The van der Waals surface area contributed by atoms with Crippen molar-refractivity contribution in [2.24, 2.45) is 5.41 Å². The second-order valence-electron chi connectivity index (χ2n) is 10.6. The molecule has 2 amide bonds. The molecule has 1 aromatic heterocycles. The molecule has 0 bridgehead atoms. The fourth-order valence-electron chi connectivity index (χ4n) is 5.56. The average Bonchev–Trinajstić information content (AvgIpc) is 3.61.